The first-order chi connectivity index (χ1) is 18.2. The second kappa shape index (κ2) is 11.4. The van der Waals surface area contributed by atoms with Crippen LogP contribution in [0.4, 0.5) is 5.69 Å². The Bertz CT molecular complexity index is 1070. The van der Waals surface area contributed by atoms with Gasteiger partial charge in [-0.2, -0.15) is 0 Å². The number of aryl methyl sites for hydroxylation is 2. The molecular formula is C30H42N2O5S. The van der Waals surface area contributed by atoms with Gasteiger partial charge in [-0.25, -0.2) is 0 Å². The van der Waals surface area contributed by atoms with E-state index in [1.807, 2.05) is 32.0 Å². The van der Waals surface area contributed by atoms with E-state index >= 15 is 0 Å². The van der Waals surface area contributed by atoms with Crippen molar-refractivity contribution in [2.24, 2.45) is 11.8 Å². The van der Waals surface area contributed by atoms with E-state index in [1.165, 1.54) is 0 Å². The normalized spacial score (nSPS) is 29.4. The van der Waals surface area contributed by atoms with Crippen LogP contribution >= 0.6 is 11.8 Å². The molecule has 0 aliphatic carbocycles. The SMILES string of the molecule is C=CCN(C(=O)C1N(CCCCCCO)C(=O)[C@@H]2[C@H](C(=O)OCC)[C@]3(C)CCC12S3)c1c(C)cccc1C. The summed E-state index contributed by atoms with van der Waals surface area (Å²) < 4.78 is 4.39. The number of fused-ring (bicyclic) bond motifs is 1. The fraction of sp³-hybridized carbons (Fsp3) is 0.633. The molecule has 38 heavy (non-hydrogen) atoms. The molecule has 8 heteroatoms. The van der Waals surface area contributed by atoms with Crippen LogP contribution in [0.15, 0.2) is 30.9 Å². The van der Waals surface area contributed by atoms with Crippen LogP contribution in [0, 0.1) is 25.7 Å². The van der Waals surface area contributed by atoms with Gasteiger partial charge >= 0.3 is 5.97 Å². The van der Waals surface area contributed by atoms with Crippen LogP contribution in [0.25, 0.3) is 0 Å². The summed E-state index contributed by atoms with van der Waals surface area (Å²) in [7, 11) is 0. The molecule has 2 unspecified atom stereocenters. The van der Waals surface area contributed by atoms with Crippen LogP contribution in [0.2, 0.25) is 0 Å². The number of benzene rings is 1. The molecule has 1 N–H and O–H groups in total. The number of carbonyl (C=O) groups is 3. The molecule has 3 aliphatic rings. The largest absolute Gasteiger partial charge is 0.466 e. The van der Waals surface area contributed by atoms with Crippen molar-refractivity contribution >= 4 is 35.2 Å². The van der Waals surface area contributed by atoms with Gasteiger partial charge < -0.3 is 19.6 Å². The maximum absolute atomic E-state index is 14.7. The highest BCUT2D eigenvalue weighted by Crippen LogP contribution is 2.71. The highest BCUT2D eigenvalue weighted by molar-refractivity contribution is 8.02. The van der Waals surface area contributed by atoms with Crippen LogP contribution in [0.3, 0.4) is 0 Å². The summed E-state index contributed by atoms with van der Waals surface area (Å²) in [6.45, 7) is 13.0. The predicted molar refractivity (Wildman–Crippen MR) is 151 cm³/mol. The molecule has 2 amide bonds. The van der Waals surface area contributed by atoms with Gasteiger partial charge in [0.1, 0.15) is 6.04 Å². The predicted octanol–water partition coefficient (Wildman–Crippen LogP) is 4.42. The first-order valence-electron chi connectivity index (χ1n) is 13.9. The minimum absolute atomic E-state index is 0.0976. The Hall–Kier alpha value is -2.32. The minimum atomic E-state index is -0.665. The number of aliphatic hydroxyl groups is 1. The molecule has 3 heterocycles. The summed E-state index contributed by atoms with van der Waals surface area (Å²) in [6.07, 6.45) is 6.42. The number of unbranched alkanes of at least 4 members (excludes halogenated alkanes) is 3. The van der Waals surface area contributed by atoms with Crippen LogP contribution in [-0.2, 0) is 19.1 Å². The van der Waals surface area contributed by atoms with Crippen molar-refractivity contribution < 1.29 is 24.2 Å². The van der Waals surface area contributed by atoms with E-state index in [2.05, 4.69) is 13.5 Å². The number of ether oxygens (including phenoxy) is 1. The molecule has 0 saturated carbocycles. The third kappa shape index (κ3) is 4.68. The molecule has 1 aromatic carbocycles. The van der Waals surface area contributed by atoms with Crippen molar-refractivity contribution in [1.29, 1.82) is 0 Å². The van der Waals surface area contributed by atoms with E-state index in [-0.39, 0.29) is 31.0 Å². The van der Waals surface area contributed by atoms with Crippen molar-refractivity contribution in [2.45, 2.75) is 81.8 Å². The van der Waals surface area contributed by atoms with Crippen molar-refractivity contribution in [2.75, 3.05) is 31.2 Å². The quantitative estimate of drug-likeness (QED) is 0.239. The van der Waals surface area contributed by atoms with Gasteiger partial charge in [-0.1, -0.05) is 37.1 Å². The van der Waals surface area contributed by atoms with Crippen molar-refractivity contribution in [3.05, 3.63) is 42.0 Å². The number of thioether (sulfide) groups is 1. The molecular weight excluding hydrogens is 500 g/mol. The molecule has 3 saturated heterocycles. The molecule has 208 valence electrons. The molecule has 4 rings (SSSR count). The van der Waals surface area contributed by atoms with Gasteiger partial charge in [0.2, 0.25) is 5.91 Å². The monoisotopic (exact) mass is 542 g/mol. The number of rotatable bonds is 12. The first-order valence-corrected chi connectivity index (χ1v) is 14.7. The standard InChI is InChI=1S/C30H42N2O5S/c1-6-17-31(24-20(3)13-12-14-21(24)4)27(35)25-30-16-15-29(5,38-30)23(28(36)37-7-2)22(30)26(34)32(25)18-10-8-9-11-19-33/h6,12-14,22-23,25,33H,1,7-11,15-19H2,2-5H3/t22-,23+,25?,29-,30?/m0/s1. The Morgan fingerprint density at radius 2 is 1.89 bits per heavy atom. The third-order valence-electron chi connectivity index (χ3n) is 8.65. The van der Waals surface area contributed by atoms with Gasteiger partial charge in [-0.3, -0.25) is 14.4 Å². The lowest BCUT2D eigenvalue weighted by atomic mass is 9.66. The maximum atomic E-state index is 14.7. The number of nitrogens with zero attached hydrogens (tertiary/aromatic N) is 2. The fourth-order valence-electron chi connectivity index (χ4n) is 7.08. The third-order valence-corrected chi connectivity index (χ3v) is 10.6. The van der Waals surface area contributed by atoms with Crippen molar-refractivity contribution in [3.8, 4) is 0 Å². The summed E-state index contributed by atoms with van der Waals surface area (Å²) in [5.41, 5.74) is 2.85. The number of anilines is 1. The molecule has 3 fully saturated rings. The van der Waals surface area contributed by atoms with Gasteiger partial charge in [-0.05, 0) is 64.5 Å². The number of aliphatic hydroxyl groups excluding tert-OH is 1. The number of esters is 1. The first kappa shape index (κ1) is 28.7. The summed E-state index contributed by atoms with van der Waals surface area (Å²) in [5, 5.41) is 9.16. The van der Waals surface area contributed by atoms with Gasteiger partial charge in [0.25, 0.3) is 5.91 Å². The number of likely N-dealkylation sites (tertiary alicyclic amines) is 1. The Labute approximate surface area is 231 Å². The molecule has 1 aromatic rings. The lowest BCUT2D eigenvalue weighted by molar-refractivity contribution is -0.155. The average molecular weight is 543 g/mol. The van der Waals surface area contributed by atoms with Crippen molar-refractivity contribution in [3.63, 3.8) is 0 Å². The van der Waals surface area contributed by atoms with E-state index in [9.17, 15) is 14.4 Å². The molecule has 7 nitrogen and oxygen atoms in total. The molecule has 3 aliphatic heterocycles. The summed E-state index contributed by atoms with van der Waals surface area (Å²) >= 11 is 1.67. The fourth-order valence-corrected chi connectivity index (χ4v) is 9.42. The summed E-state index contributed by atoms with van der Waals surface area (Å²) in [6, 6.07) is 5.32. The van der Waals surface area contributed by atoms with Gasteiger partial charge in [0.05, 0.1) is 23.2 Å². The topological polar surface area (TPSA) is 87.2 Å². The van der Waals surface area contributed by atoms with E-state index in [0.717, 1.165) is 48.9 Å². The summed E-state index contributed by atoms with van der Waals surface area (Å²) in [5.74, 6) is -1.65. The maximum Gasteiger partial charge on any atom is 0.311 e. The average Bonchev–Trinajstić information content (AvgIpc) is 3.44. The lowest BCUT2D eigenvalue weighted by Gasteiger charge is -2.38. The molecule has 1 spiro atoms. The van der Waals surface area contributed by atoms with E-state index in [4.69, 9.17) is 9.84 Å². The smallest absolute Gasteiger partial charge is 0.311 e. The highest BCUT2D eigenvalue weighted by Gasteiger charge is 2.77. The van der Waals surface area contributed by atoms with Gasteiger partial charge in [0, 0.05) is 30.1 Å². The Morgan fingerprint density at radius 3 is 2.53 bits per heavy atom. The Kier molecular flexibility index (Phi) is 8.62. The number of carbonyl (C=O) groups excluding carboxylic acids is 3. The highest BCUT2D eigenvalue weighted by atomic mass is 32.2. The molecule has 0 aromatic heterocycles. The van der Waals surface area contributed by atoms with E-state index in [1.54, 1.807) is 34.6 Å². The molecule has 0 radical (unpaired) electrons. The number of para-hydroxylation sites is 1. The zero-order valence-corrected chi connectivity index (χ0v) is 24.0. The second-order valence-corrected chi connectivity index (χ2v) is 13.0. The lowest BCUT2D eigenvalue weighted by Crippen LogP contribution is -2.55. The zero-order valence-electron chi connectivity index (χ0n) is 23.2. The van der Waals surface area contributed by atoms with Crippen LogP contribution in [0.1, 0.15) is 63.5 Å². The van der Waals surface area contributed by atoms with Gasteiger partial charge in [0.15, 0.2) is 0 Å². The van der Waals surface area contributed by atoms with Gasteiger partial charge in [-0.15, -0.1) is 18.3 Å². The minimum Gasteiger partial charge on any atom is -0.466 e. The van der Waals surface area contributed by atoms with E-state index < -0.39 is 27.4 Å². The second-order valence-electron chi connectivity index (χ2n) is 11.1. The van der Waals surface area contributed by atoms with Crippen LogP contribution in [-0.4, -0.2) is 69.6 Å². The zero-order chi connectivity index (χ0) is 27.7. The number of hydrogen-bond acceptors (Lipinski definition) is 6. The number of amides is 2. The Morgan fingerprint density at radius 1 is 1.21 bits per heavy atom. The van der Waals surface area contributed by atoms with E-state index in [0.29, 0.717) is 19.5 Å². The molecule has 5 atom stereocenters. The van der Waals surface area contributed by atoms with Crippen LogP contribution < -0.4 is 4.90 Å². The number of hydrogen-bond donors (Lipinski definition) is 1. The Balaban J connectivity index is 1.77. The summed E-state index contributed by atoms with van der Waals surface area (Å²) in [4.78, 5) is 45.7. The van der Waals surface area contributed by atoms with Crippen LogP contribution in [0.5, 0.6) is 0 Å². The molecule has 2 bridgehead atoms. The van der Waals surface area contributed by atoms with Crippen molar-refractivity contribution in [1.82, 2.24) is 4.90 Å².